The molecule has 35 heavy (non-hydrogen) atoms. The van der Waals surface area contributed by atoms with E-state index in [0.717, 1.165) is 21.0 Å². The second kappa shape index (κ2) is 11.1. The van der Waals surface area contributed by atoms with Crippen LogP contribution in [0.3, 0.4) is 0 Å². The Hall–Kier alpha value is -3.85. The fourth-order valence-electron chi connectivity index (χ4n) is 3.41. The van der Waals surface area contributed by atoms with Crippen LogP contribution in [0.4, 0.5) is 5.69 Å². The predicted molar refractivity (Wildman–Crippen MR) is 137 cm³/mol. The molecule has 9 heteroatoms. The van der Waals surface area contributed by atoms with Gasteiger partial charge >= 0.3 is 0 Å². The molecule has 0 bridgehead atoms. The Kier molecular flexibility index (Phi) is 8.14. The SMILES string of the molecule is COc1ccc(/C=N\NC(=O)CN(c2cccc(C)c2C)S(=O)(=O)c2ccc(C)cc2)c(OC)c1. The number of carbonyl (C=O) groups excluding carboxylic acids is 1. The van der Waals surface area contributed by atoms with Crippen LogP contribution < -0.4 is 19.2 Å². The lowest BCUT2D eigenvalue weighted by Crippen LogP contribution is -2.40. The minimum absolute atomic E-state index is 0.100. The van der Waals surface area contributed by atoms with Gasteiger partial charge in [0.05, 0.1) is 31.0 Å². The van der Waals surface area contributed by atoms with Crippen molar-refractivity contribution in [3.8, 4) is 11.5 Å². The van der Waals surface area contributed by atoms with E-state index in [4.69, 9.17) is 9.47 Å². The van der Waals surface area contributed by atoms with Crippen molar-refractivity contribution >= 4 is 27.8 Å². The average molecular weight is 496 g/mol. The molecule has 3 aromatic rings. The van der Waals surface area contributed by atoms with E-state index in [0.29, 0.717) is 22.7 Å². The maximum absolute atomic E-state index is 13.6. The van der Waals surface area contributed by atoms with E-state index in [1.54, 1.807) is 49.6 Å². The van der Waals surface area contributed by atoms with Crippen molar-refractivity contribution in [3.05, 3.63) is 82.9 Å². The first-order valence-corrected chi connectivity index (χ1v) is 12.3. The molecule has 0 aliphatic rings. The first kappa shape index (κ1) is 25.8. The van der Waals surface area contributed by atoms with E-state index in [9.17, 15) is 13.2 Å². The Morgan fingerprint density at radius 2 is 1.71 bits per heavy atom. The van der Waals surface area contributed by atoms with Crippen molar-refractivity contribution in [1.29, 1.82) is 0 Å². The van der Waals surface area contributed by atoms with Gasteiger partial charge in [-0.05, 0) is 62.2 Å². The second-order valence-corrected chi connectivity index (χ2v) is 9.81. The van der Waals surface area contributed by atoms with Crippen LogP contribution in [0.25, 0.3) is 0 Å². The number of ether oxygens (including phenoxy) is 2. The van der Waals surface area contributed by atoms with Crippen LogP contribution in [0.1, 0.15) is 22.3 Å². The summed E-state index contributed by atoms with van der Waals surface area (Å²) in [5.41, 5.74) is 6.08. The van der Waals surface area contributed by atoms with Crippen LogP contribution in [0, 0.1) is 20.8 Å². The Morgan fingerprint density at radius 1 is 1.00 bits per heavy atom. The van der Waals surface area contributed by atoms with Crippen molar-refractivity contribution in [2.75, 3.05) is 25.1 Å². The lowest BCUT2D eigenvalue weighted by Gasteiger charge is -2.26. The maximum Gasteiger partial charge on any atom is 0.264 e. The van der Waals surface area contributed by atoms with Crippen molar-refractivity contribution in [3.63, 3.8) is 0 Å². The average Bonchev–Trinajstić information content (AvgIpc) is 2.84. The monoisotopic (exact) mass is 495 g/mol. The fourth-order valence-corrected chi connectivity index (χ4v) is 4.89. The minimum Gasteiger partial charge on any atom is -0.497 e. The number of sulfonamides is 1. The standard InChI is InChI=1S/C26H29N3O5S/c1-18-9-13-23(14-10-18)35(31,32)29(24-8-6-7-19(2)20(24)3)17-26(30)28-27-16-21-11-12-22(33-4)15-25(21)34-5/h6-16H,17H2,1-5H3,(H,28,30)/b27-16-. The maximum atomic E-state index is 13.6. The lowest BCUT2D eigenvalue weighted by atomic mass is 10.1. The largest absolute Gasteiger partial charge is 0.497 e. The molecule has 0 heterocycles. The summed E-state index contributed by atoms with van der Waals surface area (Å²) >= 11 is 0. The lowest BCUT2D eigenvalue weighted by molar-refractivity contribution is -0.119. The second-order valence-electron chi connectivity index (χ2n) is 7.94. The third kappa shape index (κ3) is 5.99. The molecule has 3 aromatic carbocycles. The Morgan fingerprint density at radius 3 is 2.37 bits per heavy atom. The van der Waals surface area contributed by atoms with Gasteiger partial charge in [0, 0.05) is 11.6 Å². The van der Waals surface area contributed by atoms with Gasteiger partial charge in [-0.15, -0.1) is 0 Å². The highest BCUT2D eigenvalue weighted by atomic mass is 32.2. The molecule has 0 aromatic heterocycles. The molecule has 0 saturated carbocycles. The molecule has 1 amide bonds. The first-order chi connectivity index (χ1) is 16.7. The predicted octanol–water partition coefficient (Wildman–Crippen LogP) is 3.97. The van der Waals surface area contributed by atoms with Crippen LogP contribution in [-0.4, -0.2) is 41.3 Å². The van der Waals surface area contributed by atoms with E-state index in [1.165, 1.54) is 25.5 Å². The normalized spacial score (nSPS) is 11.3. The molecule has 0 atom stereocenters. The van der Waals surface area contributed by atoms with E-state index in [-0.39, 0.29) is 4.90 Å². The molecule has 184 valence electrons. The summed E-state index contributed by atoms with van der Waals surface area (Å²) in [4.78, 5) is 12.9. The van der Waals surface area contributed by atoms with Crippen molar-refractivity contribution in [2.45, 2.75) is 25.7 Å². The summed E-state index contributed by atoms with van der Waals surface area (Å²) in [7, 11) is -0.947. The first-order valence-electron chi connectivity index (χ1n) is 10.9. The van der Waals surface area contributed by atoms with E-state index in [1.807, 2.05) is 26.8 Å². The number of amides is 1. The molecule has 3 rings (SSSR count). The third-order valence-corrected chi connectivity index (χ3v) is 7.35. The molecule has 8 nitrogen and oxygen atoms in total. The number of hydrazone groups is 1. The van der Waals surface area contributed by atoms with Crippen molar-refractivity contribution in [1.82, 2.24) is 5.43 Å². The zero-order valence-corrected chi connectivity index (χ0v) is 21.2. The topological polar surface area (TPSA) is 97.3 Å². The number of nitrogens with zero attached hydrogens (tertiary/aromatic N) is 2. The molecule has 0 unspecified atom stereocenters. The summed E-state index contributed by atoms with van der Waals surface area (Å²) in [5, 5.41) is 3.99. The highest BCUT2D eigenvalue weighted by Gasteiger charge is 2.28. The van der Waals surface area contributed by atoms with E-state index in [2.05, 4.69) is 10.5 Å². The van der Waals surface area contributed by atoms with E-state index >= 15 is 0 Å². The van der Waals surface area contributed by atoms with Gasteiger partial charge in [-0.2, -0.15) is 5.10 Å². The molecule has 0 fully saturated rings. The number of methoxy groups -OCH3 is 2. The number of carbonyl (C=O) groups is 1. The zero-order chi connectivity index (χ0) is 25.6. The number of rotatable bonds is 9. The molecule has 0 saturated heterocycles. The Balaban J connectivity index is 1.88. The van der Waals surface area contributed by atoms with Crippen molar-refractivity contribution in [2.24, 2.45) is 5.10 Å². The van der Waals surface area contributed by atoms with Gasteiger partial charge in [0.15, 0.2) is 0 Å². The van der Waals surface area contributed by atoms with Crippen LogP contribution in [0.15, 0.2) is 70.7 Å². The van der Waals surface area contributed by atoms with Crippen LogP contribution in [0.2, 0.25) is 0 Å². The molecule has 1 N–H and O–H groups in total. The van der Waals surface area contributed by atoms with Crippen LogP contribution in [-0.2, 0) is 14.8 Å². The molecule has 0 aliphatic heterocycles. The number of aryl methyl sites for hydroxylation is 2. The summed E-state index contributed by atoms with van der Waals surface area (Å²) in [6.07, 6.45) is 1.42. The summed E-state index contributed by atoms with van der Waals surface area (Å²) in [5.74, 6) is 0.542. The summed E-state index contributed by atoms with van der Waals surface area (Å²) < 4.78 is 38.7. The molecule has 0 radical (unpaired) electrons. The highest BCUT2D eigenvalue weighted by Crippen LogP contribution is 2.28. The van der Waals surface area contributed by atoms with Gasteiger partial charge in [0.2, 0.25) is 0 Å². The summed E-state index contributed by atoms with van der Waals surface area (Å²) in [6.45, 7) is 5.15. The molecule has 0 spiro atoms. The van der Waals surface area contributed by atoms with Gasteiger partial charge in [-0.3, -0.25) is 9.10 Å². The molecule has 0 aliphatic carbocycles. The number of anilines is 1. The number of benzene rings is 3. The third-order valence-electron chi connectivity index (χ3n) is 5.57. The van der Waals surface area contributed by atoms with Crippen LogP contribution >= 0.6 is 0 Å². The van der Waals surface area contributed by atoms with Gasteiger partial charge in [0.25, 0.3) is 15.9 Å². The van der Waals surface area contributed by atoms with Gasteiger partial charge in [-0.25, -0.2) is 13.8 Å². The number of hydrogen-bond donors (Lipinski definition) is 1. The summed E-state index contributed by atoms with van der Waals surface area (Å²) in [6, 6.07) is 17.0. The van der Waals surface area contributed by atoms with Crippen LogP contribution in [0.5, 0.6) is 11.5 Å². The zero-order valence-electron chi connectivity index (χ0n) is 20.4. The minimum atomic E-state index is -4.01. The number of nitrogens with one attached hydrogen (secondary N) is 1. The smallest absolute Gasteiger partial charge is 0.264 e. The highest BCUT2D eigenvalue weighted by molar-refractivity contribution is 7.92. The van der Waals surface area contributed by atoms with Gasteiger partial charge in [-0.1, -0.05) is 29.8 Å². The Bertz CT molecular complexity index is 1340. The quantitative estimate of drug-likeness (QED) is 0.358. The van der Waals surface area contributed by atoms with Gasteiger partial charge < -0.3 is 9.47 Å². The Labute approximate surface area is 206 Å². The molecular formula is C26H29N3O5S. The van der Waals surface area contributed by atoms with E-state index < -0.39 is 22.5 Å². The van der Waals surface area contributed by atoms with Gasteiger partial charge in [0.1, 0.15) is 18.0 Å². The fraction of sp³-hybridized carbons (Fsp3) is 0.231. The molecular weight excluding hydrogens is 466 g/mol. The van der Waals surface area contributed by atoms with Crippen molar-refractivity contribution < 1.29 is 22.7 Å². The number of hydrogen-bond acceptors (Lipinski definition) is 6.